The molecule has 2 saturated carbocycles. The van der Waals surface area contributed by atoms with Crippen molar-refractivity contribution in [3.05, 3.63) is 0 Å². The number of carbonyl (C=O) groups is 1. The Labute approximate surface area is 114 Å². The van der Waals surface area contributed by atoms with Crippen LogP contribution in [0.1, 0.15) is 57.8 Å². The maximum absolute atomic E-state index is 11.9. The molecule has 0 aromatic carbocycles. The van der Waals surface area contributed by atoms with Gasteiger partial charge in [-0.2, -0.15) is 5.26 Å². The molecule has 0 bridgehead atoms. The number of hydrogen-bond donors (Lipinski definition) is 1. The molecule has 0 aromatic heterocycles. The highest BCUT2D eigenvalue weighted by Gasteiger charge is 2.35. The van der Waals surface area contributed by atoms with Crippen LogP contribution in [0.25, 0.3) is 0 Å². The Kier molecular flexibility index (Phi) is 4.94. The highest BCUT2D eigenvalue weighted by atomic mass is 32.2. The first kappa shape index (κ1) is 13.7. The third-order valence-electron chi connectivity index (χ3n) is 4.05. The summed E-state index contributed by atoms with van der Waals surface area (Å²) in [6.45, 7) is 0. The van der Waals surface area contributed by atoms with Crippen molar-refractivity contribution in [1.29, 1.82) is 5.26 Å². The smallest absolute Gasteiger partial charge is 0.231 e. The molecule has 3 nitrogen and oxygen atoms in total. The molecule has 0 saturated heterocycles. The van der Waals surface area contributed by atoms with Gasteiger partial charge >= 0.3 is 0 Å². The summed E-state index contributed by atoms with van der Waals surface area (Å²) in [5.41, 5.74) is -0.551. The molecule has 0 aromatic rings. The van der Waals surface area contributed by atoms with Gasteiger partial charge in [0, 0.05) is 5.25 Å². The van der Waals surface area contributed by atoms with Gasteiger partial charge in [-0.3, -0.25) is 4.79 Å². The Morgan fingerprint density at radius 1 is 1.22 bits per heavy atom. The number of rotatable bonds is 4. The zero-order chi connectivity index (χ0) is 12.8. The largest absolute Gasteiger partial charge is 0.337 e. The third kappa shape index (κ3) is 3.65. The summed E-state index contributed by atoms with van der Waals surface area (Å²) in [4.78, 5) is 11.9. The second kappa shape index (κ2) is 6.47. The standard InChI is InChI=1S/C14H22N2OS/c15-11-14(8-4-5-9-14)16-13(17)10-18-12-6-2-1-3-7-12/h12H,1-10H2,(H,16,17). The van der Waals surface area contributed by atoms with E-state index in [9.17, 15) is 10.1 Å². The zero-order valence-corrected chi connectivity index (χ0v) is 11.7. The van der Waals surface area contributed by atoms with Crippen LogP contribution < -0.4 is 5.32 Å². The van der Waals surface area contributed by atoms with Crippen molar-refractivity contribution in [2.24, 2.45) is 0 Å². The fraction of sp³-hybridized carbons (Fsp3) is 0.857. The van der Waals surface area contributed by atoms with Crippen molar-refractivity contribution in [1.82, 2.24) is 5.32 Å². The summed E-state index contributed by atoms with van der Waals surface area (Å²) in [6.07, 6.45) is 10.2. The maximum atomic E-state index is 11.9. The van der Waals surface area contributed by atoms with Crippen molar-refractivity contribution >= 4 is 17.7 Å². The van der Waals surface area contributed by atoms with Crippen LogP contribution in [-0.4, -0.2) is 22.4 Å². The molecule has 18 heavy (non-hydrogen) atoms. The molecule has 0 atom stereocenters. The van der Waals surface area contributed by atoms with E-state index in [4.69, 9.17) is 0 Å². The highest BCUT2D eigenvalue weighted by molar-refractivity contribution is 8.00. The van der Waals surface area contributed by atoms with E-state index in [0.29, 0.717) is 11.0 Å². The molecule has 2 aliphatic rings. The minimum absolute atomic E-state index is 0.0500. The SMILES string of the molecule is N#CC1(NC(=O)CSC2CCCCC2)CCCC1. The lowest BCUT2D eigenvalue weighted by Gasteiger charge is -2.24. The maximum Gasteiger partial charge on any atom is 0.231 e. The van der Waals surface area contributed by atoms with E-state index < -0.39 is 5.54 Å². The number of carbonyl (C=O) groups excluding carboxylic acids is 1. The first-order chi connectivity index (χ1) is 8.74. The molecule has 1 amide bonds. The van der Waals surface area contributed by atoms with Gasteiger partial charge in [-0.25, -0.2) is 0 Å². The summed E-state index contributed by atoms with van der Waals surface area (Å²) >= 11 is 1.78. The van der Waals surface area contributed by atoms with Gasteiger partial charge in [-0.1, -0.05) is 19.3 Å². The molecule has 0 radical (unpaired) electrons. The van der Waals surface area contributed by atoms with E-state index >= 15 is 0 Å². The fourth-order valence-electron chi connectivity index (χ4n) is 2.97. The number of nitrogens with one attached hydrogen (secondary N) is 1. The van der Waals surface area contributed by atoms with Gasteiger partial charge in [-0.05, 0) is 38.5 Å². The van der Waals surface area contributed by atoms with E-state index in [1.54, 1.807) is 11.8 Å². The van der Waals surface area contributed by atoms with Crippen LogP contribution in [0, 0.1) is 11.3 Å². The first-order valence-corrected chi connectivity index (χ1v) is 8.13. The van der Waals surface area contributed by atoms with Gasteiger partial charge in [0.25, 0.3) is 0 Å². The molecule has 100 valence electrons. The normalized spacial score (nSPS) is 23.5. The third-order valence-corrected chi connectivity index (χ3v) is 5.42. The first-order valence-electron chi connectivity index (χ1n) is 7.08. The lowest BCUT2D eigenvalue weighted by Crippen LogP contribution is -2.46. The Morgan fingerprint density at radius 3 is 2.50 bits per heavy atom. The Morgan fingerprint density at radius 2 is 1.89 bits per heavy atom. The van der Waals surface area contributed by atoms with E-state index in [1.165, 1.54) is 32.1 Å². The second-order valence-corrected chi connectivity index (χ2v) is 6.81. The zero-order valence-electron chi connectivity index (χ0n) is 10.9. The average Bonchev–Trinajstić information content (AvgIpc) is 2.87. The molecule has 0 unspecified atom stereocenters. The van der Waals surface area contributed by atoms with Crippen molar-refractivity contribution < 1.29 is 4.79 Å². The summed E-state index contributed by atoms with van der Waals surface area (Å²) in [7, 11) is 0. The number of nitrogens with zero attached hydrogens (tertiary/aromatic N) is 1. The number of thioether (sulfide) groups is 1. The minimum atomic E-state index is -0.551. The van der Waals surface area contributed by atoms with Gasteiger partial charge in [-0.15, -0.1) is 11.8 Å². The van der Waals surface area contributed by atoms with E-state index in [0.717, 1.165) is 25.7 Å². The van der Waals surface area contributed by atoms with Crippen LogP contribution in [0.2, 0.25) is 0 Å². The summed E-state index contributed by atoms with van der Waals surface area (Å²) in [6, 6.07) is 2.31. The van der Waals surface area contributed by atoms with E-state index in [-0.39, 0.29) is 5.91 Å². The van der Waals surface area contributed by atoms with Crippen LogP contribution in [-0.2, 0) is 4.79 Å². The molecule has 2 aliphatic carbocycles. The van der Waals surface area contributed by atoms with Gasteiger partial charge in [0.1, 0.15) is 5.54 Å². The number of hydrogen-bond acceptors (Lipinski definition) is 3. The Bertz CT molecular complexity index is 325. The van der Waals surface area contributed by atoms with Gasteiger partial charge < -0.3 is 5.32 Å². The molecule has 2 fully saturated rings. The molecule has 0 spiro atoms. The molecular weight excluding hydrogens is 244 g/mol. The molecule has 4 heteroatoms. The topological polar surface area (TPSA) is 52.9 Å². The van der Waals surface area contributed by atoms with Gasteiger partial charge in [0.2, 0.25) is 5.91 Å². The van der Waals surface area contributed by atoms with E-state index in [1.807, 2.05) is 0 Å². The molecule has 1 N–H and O–H groups in total. The quantitative estimate of drug-likeness (QED) is 0.851. The summed E-state index contributed by atoms with van der Waals surface area (Å²) < 4.78 is 0. The lowest BCUT2D eigenvalue weighted by atomic mass is 10.00. The Hall–Kier alpha value is -0.690. The van der Waals surface area contributed by atoms with Crippen molar-refractivity contribution in [2.75, 3.05) is 5.75 Å². The monoisotopic (exact) mass is 266 g/mol. The van der Waals surface area contributed by atoms with Crippen molar-refractivity contribution in [3.63, 3.8) is 0 Å². The second-order valence-electron chi connectivity index (χ2n) is 5.52. The highest BCUT2D eigenvalue weighted by Crippen LogP contribution is 2.30. The van der Waals surface area contributed by atoms with Crippen LogP contribution >= 0.6 is 11.8 Å². The van der Waals surface area contributed by atoms with Gasteiger partial charge in [0.05, 0.1) is 11.8 Å². The Balaban J connectivity index is 1.73. The molecule has 0 heterocycles. The molecular formula is C14H22N2OS. The van der Waals surface area contributed by atoms with Crippen LogP contribution in [0.4, 0.5) is 0 Å². The van der Waals surface area contributed by atoms with Crippen LogP contribution in [0.5, 0.6) is 0 Å². The predicted octanol–water partition coefficient (Wildman–Crippen LogP) is 3.00. The minimum Gasteiger partial charge on any atom is -0.337 e. The van der Waals surface area contributed by atoms with Crippen LogP contribution in [0.15, 0.2) is 0 Å². The predicted molar refractivity (Wildman–Crippen MR) is 74.3 cm³/mol. The lowest BCUT2D eigenvalue weighted by molar-refractivity contribution is -0.119. The van der Waals surface area contributed by atoms with Crippen molar-refractivity contribution in [3.8, 4) is 6.07 Å². The number of nitriles is 1. The summed E-state index contributed by atoms with van der Waals surface area (Å²) in [5.74, 6) is 0.572. The molecule has 2 rings (SSSR count). The molecule has 0 aliphatic heterocycles. The average molecular weight is 266 g/mol. The van der Waals surface area contributed by atoms with E-state index in [2.05, 4.69) is 11.4 Å². The van der Waals surface area contributed by atoms with Crippen LogP contribution in [0.3, 0.4) is 0 Å². The summed E-state index contributed by atoms with van der Waals surface area (Å²) in [5, 5.41) is 12.8. The van der Waals surface area contributed by atoms with Crippen molar-refractivity contribution in [2.45, 2.75) is 68.6 Å². The fourth-order valence-corrected chi connectivity index (χ4v) is 4.10. The van der Waals surface area contributed by atoms with Gasteiger partial charge in [0.15, 0.2) is 0 Å². The number of amides is 1.